The van der Waals surface area contributed by atoms with E-state index in [1.165, 1.54) is 12.4 Å². The van der Waals surface area contributed by atoms with Crippen LogP contribution in [0.4, 0.5) is 5.69 Å². The Balaban J connectivity index is 1.67. The van der Waals surface area contributed by atoms with Crippen LogP contribution in [0.5, 0.6) is 5.75 Å². The average Bonchev–Trinajstić information content (AvgIpc) is 2.62. The molecule has 6 heteroatoms. The number of pyridine rings is 1. The van der Waals surface area contributed by atoms with E-state index in [9.17, 15) is 10.0 Å². The number of rotatable bonds is 4. The number of nitrogens with zero attached hydrogens (tertiary/aromatic N) is 3. The van der Waals surface area contributed by atoms with E-state index in [0.29, 0.717) is 30.0 Å². The fourth-order valence-electron chi connectivity index (χ4n) is 2.91. The highest BCUT2D eigenvalue weighted by atomic mass is 16.5. The molecule has 1 saturated heterocycles. The third-order valence-electron chi connectivity index (χ3n) is 4.09. The predicted octanol–water partition coefficient (Wildman–Crippen LogP) is 1.68. The molecule has 24 heavy (non-hydrogen) atoms. The van der Waals surface area contributed by atoms with Crippen LogP contribution in [-0.4, -0.2) is 43.6 Å². The summed E-state index contributed by atoms with van der Waals surface area (Å²) in [6, 6.07) is 11.2. The SMILES string of the molecule is CCOc1ccccc1N1CCN(C(=O)c2ccc[n+]([O-])c2)CC1. The van der Waals surface area contributed by atoms with E-state index in [-0.39, 0.29) is 5.91 Å². The molecule has 0 aliphatic carbocycles. The normalized spacial score (nSPS) is 14.5. The van der Waals surface area contributed by atoms with Gasteiger partial charge in [0.1, 0.15) is 11.3 Å². The van der Waals surface area contributed by atoms with Crippen LogP contribution < -0.4 is 14.4 Å². The number of amides is 1. The lowest BCUT2D eigenvalue weighted by atomic mass is 10.2. The number of piperazine rings is 1. The molecule has 0 bridgehead atoms. The van der Waals surface area contributed by atoms with Crippen molar-refractivity contribution < 1.29 is 14.3 Å². The van der Waals surface area contributed by atoms with Gasteiger partial charge in [0.25, 0.3) is 5.91 Å². The van der Waals surface area contributed by atoms with Crippen LogP contribution in [0.3, 0.4) is 0 Å². The van der Waals surface area contributed by atoms with Gasteiger partial charge in [-0.15, -0.1) is 0 Å². The molecule has 1 amide bonds. The van der Waals surface area contributed by atoms with Crippen molar-refractivity contribution in [1.82, 2.24) is 4.90 Å². The second kappa shape index (κ2) is 7.21. The van der Waals surface area contributed by atoms with E-state index < -0.39 is 0 Å². The minimum atomic E-state index is -0.0991. The molecule has 1 aliphatic rings. The lowest BCUT2D eigenvalue weighted by molar-refractivity contribution is -0.605. The van der Waals surface area contributed by atoms with Gasteiger partial charge in [0.2, 0.25) is 0 Å². The van der Waals surface area contributed by atoms with Crippen molar-refractivity contribution in [3.63, 3.8) is 0 Å². The van der Waals surface area contributed by atoms with Gasteiger partial charge in [-0.25, -0.2) is 0 Å². The van der Waals surface area contributed by atoms with Crippen LogP contribution in [0.15, 0.2) is 48.8 Å². The summed E-state index contributed by atoms with van der Waals surface area (Å²) in [6.07, 6.45) is 2.69. The first-order chi connectivity index (χ1) is 11.7. The van der Waals surface area contributed by atoms with Crippen LogP contribution in [-0.2, 0) is 0 Å². The van der Waals surface area contributed by atoms with Crippen molar-refractivity contribution in [1.29, 1.82) is 0 Å². The molecule has 0 radical (unpaired) electrons. The zero-order chi connectivity index (χ0) is 16.9. The standard InChI is InChI=1S/C18H21N3O3/c1-2-24-17-8-4-3-7-16(17)19-10-12-20(13-11-19)18(22)15-6-5-9-21(23)14-15/h3-9,14H,2,10-13H2,1H3. The molecule has 0 saturated carbocycles. The smallest absolute Gasteiger partial charge is 0.260 e. The number of anilines is 1. The summed E-state index contributed by atoms with van der Waals surface area (Å²) < 4.78 is 6.34. The summed E-state index contributed by atoms with van der Waals surface area (Å²) >= 11 is 0. The predicted molar refractivity (Wildman–Crippen MR) is 91.1 cm³/mol. The lowest BCUT2D eigenvalue weighted by Gasteiger charge is -2.36. The number of hydrogen-bond donors (Lipinski definition) is 0. The van der Waals surface area contributed by atoms with Crippen LogP contribution in [0.1, 0.15) is 17.3 Å². The number of ether oxygens (including phenoxy) is 1. The van der Waals surface area contributed by atoms with Crippen molar-refractivity contribution in [2.45, 2.75) is 6.92 Å². The maximum atomic E-state index is 12.5. The van der Waals surface area contributed by atoms with Crippen LogP contribution in [0.2, 0.25) is 0 Å². The highest BCUT2D eigenvalue weighted by Crippen LogP contribution is 2.28. The maximum absolute atomic E-state index is 12.5. The molecule has 126 valence electrons. The van der Waals surface area contributed by atoms with Gasteiger partial charge in [0, 0.05) is 32.2 Å². The van der Waals surface area contributed by atoms with Crippen molar-refractivity contribution in [2.24, 2.45) is 0 Å². The fourth-order valence-corrected chi connectivity index (χ4v) is 2.91. The number of carbonyl (C=O) groups is 1. The molecule has 3 rings (SSSR count). The third kappa shape index (κ3) is 3.42. The van der Waals surface area contributed by atoms with Crippen molar-refractivity contribution >= 4 is 11.6 Å². The first-order valence-corrected chi connectivity index (χ1v) is 8.14. The second-order valence-corrected chi connectivity index (χ2v) is 5.63. The molecule has 1 aliphatic heterocycles. The monoisotopic (exact) mass is 327 g/mol. The van der Waals surface area contributed by atoms with E-state index in [2.05, 4.69) is 4.90 Å². The Hall–Kier alpha value is -2.76. The van der Waals surface area contributed by atoms with Gasteiger partial charge in [0.05, 0.1) is 12.3 Å². The van der Waals surface area contributed by atoms with Gasteiger partial charge >= 0.3 is 0 Å². The Labute approximate surface area is 141 Å². The molecule has 1 aromatic heterocycles. The molecule has 2 aromatic rings. The van der Waals surface area contributed by atoms with Gasteiger partial charge in [-0.3, -0.25) is 4.79 Å². The quantitative estimate of drug-likeness (QED) is 0.633. The number of carbonyl (C=O) groups excluding carboxylic acids is 1. The van der Waals surface area contributed by atoms with Crippen LogP contribution in [0.25, 0.3) is 0 Å². The second-order valence-electron chi connectivity index (χ2n) is 5.63. The number of aromatic nitrogens is 1. The van der Waals surface area contributed by atoms with Gasteiger partial charge in [0.15, 0.2) is 12.4 Å². The van der Waals surface area contributed by atoms with Crippen molar-refractivity contribution in [2.75, 3.05) is 37.7 Å². The largest absolute Gasteiger partial charge is 0.619 e. The van der Waals surface area contributed by atoms with Crippen LogP contribution >= 0.6 is 0 Å². The number of benzene rings is 1. The number of hydrogen-bond acceptors (Lipinski definition) is 4. The molecule has 2 heterocycles. The first kappa shape index (κ1) is 16.1. The molecule has 6 nitrogen and oxygen atoms in total. The molecule has 0 spiro atoms. The van der Waals surface area contributed by atoms with Crippen molar-refractivity contribution in [3.05, 3.63) is 59.6 Å². The Bertz CT molecular complexity index is 712. The summed E-state index contributed by atoms with van der Waals surface area (Å²) in [4.78, 5) is 16.5. The Morgan fingerprint density at radius 1 is 1.17 bits per heavy atom. The molecular weight excluding hydrogens is 306 g/mol. The molecule has 0 atom stereocenters. The van der Waals surface area contributed by atoms with Gasteiger partial charge in [-0.2, -0.15) is 4.73 Å². The van der Waals surface area contributed by atoms with Gasteiger partial charge in [-0.05, 0) is 25.1 Å². The molecule has 1 fully saturated rings. The molecular formula is C18H21N3O3. The topological polar surface area (TPSA) is 59.7 Å². The summed E-state index contributed by atoms with van der Waals surface area (Å²) in [5.41, 5.74) is 1.49. The average molecular weight is 327 g/mol. The zero-order valence-electron chi connectivity index (χ0n) is 13.7. The van der Waals surface area contributed by atoms with E-state index in [0.717, 1.165) is 24.5 Å². The summed E-state index contributed by atoms with van der Waals surface area (Å²) in [5, 5.41) is 11.3. The Morgan fingerprint density at radius 3 is 2.62 bits per heavy atom. The van der Waals surface area contributed by atoms with Crippen LogP contribution in [0, 0.1) is 5.21 Å². The van der Waals surface area contributed by atoms with Gasteiger partial charge < -0.3 is 19.7 Å². The minimum absolute atomic E-state index is 0.0991. The Kier molecular flexibility index (Phi) is 4.84. The highest BCUT2D eigenvalue weighted by molar-refractivity contribution is 5.93. The van der Waals surface area contributed by atoms with E-state index >= 15 is 0 Å². The van der Waals surface area contributed by atoms with Crippen molar-refractivity contribution in [3.8, 4) is 5.75 Å². The molecule has 0 N–H and O–H groups in total. The van der Waals surface area contributed by atoms with Gasteiger partial charge in [-0.1, -0.05) is 12.1 Å². The fraction of sp³-hybridized carbons (Fsp3) is 0.333. The zero-order valence-corrected chi connectivity index (χ0v) is 13.7. The number of para-hydroxylation sites is 2. The van der Waals surface area contributed by atoms with E-state index in [1.54, 1.807) is 17.0 Å². The summed E-state index contributed by atoms with van der Waals surface area (Å²) in [5.74, 6) is 0.771. The summed E-state index contributed by atoms with van der Waals surface area (Å²) in [6.45, 7) is 5.30. The first-order valence-electron chi connectivity index (χ1n) is 8.14. The third-order valence-corrected chi connectivity index (χ3v) is 4.09. The van der Waals surface area contributed by atoms with E-state index in [4.69, 9.17) is 4.74 Å². The molecule has 1 aromatic carbocycles. The summed E-state index contributed by atoms with van der Waals surface area (Å²) in [7, 11) is 0. The van der Waals surface area contributed by atoms with E-state index in [1.807, 2.05) is 31.2 Å². The Morgan fingerprint density at radius 2 is 1.92 bits per heavy atom. The highest BCUT2D eigenvalue weighted by Gasteiger charge is 2.24. The molecule has 0 unspecified atom stereocenters. The lowest BCUT2D eigenvalue weighted by Crippen LogP contribution is -2.49. The maximum Gasteiger partial charge on any atom is 0.260 e. The minimum Gasteiger partial charge on any atom is -0.619 e.